The van der Waals surface area contributed by atoms with Gasteiger partial charge in [-0.15, -0.1) is 0 Å². The molecule has 0 amide bonds. The van der Waals surface area contributed by atoms with Crippen molar-refractivity contribution in [3.8, 4) is 0 Å². The fraction of sp³-hybridized carbons (Fsp3) is 0.769. The van der Waals surface area contributed by atoms with E-state index in [0.717, 1.165) is 5.69 Å². The Morgan fingerprint density at radius 1 is 1.29 bits per heavy atom. The molecule has 0 saturated heterocycles. The lowest BCUT2D eigenvalue weighted by molar-refractivity contribution is -0.301. The lowest BCUT2D eigenvalue weighted by Gasteiger charge is -2.11. The van der Waals surface area contributed by atoms with Crippen LogP contribution in [0.3, 0.4) is 0 Å². The number of nitrogens with zero attached hydrogens (tertiary/aromatic N) is 2. The Bertz CT molecular complexity index is 368. The molecule has 96 valence electrons. The van der Waals surface area contributed by atoms with Crippen molar-refractivity contribution in [3.05, 3.63) is 17.0 Å². The number of rotatable bonds is 5. The van der Waals surface area contributed by atoms with Crippen molar-refractivity contribution in [1.82, 2.24) is 9.78 Å². The molecule has 0 bridgehead atoms. The van der Waals surface area contributed by atoms with Crippen LogP contribution in [0, 0.1) is 6.92 Å². The van der Waals surface area contributed by atoms with E-state index in [4.69, 9.17) is 9.78 Å². The molecular weight excluding hydrogens is 216 g/mol. The summed E-state index contributed by atoms with van der Waals surface area (Å²) in [6.45, 7) is 5.10. The predicted octanol–water partition coefficient (Wildman–Crippen LogP) is 2.85. The van der Waals surface area contributed by atoms with Crippen LogP contribution in [-0.2, 0) is 23.4 Å². The van der Waals surface area contributed by atoms with Gasteiger partial charge in [-0.25, -0.2) is 9.78 Å². The van der Waals surface area contributed by atoms with E-state index in [-0.39, 0.29) is 0 Å². The molecule has 0 aromatic carbocycles. The summed E-state index contributed by atoms with van der Waals surface area (Å²) in [6.07, 6.45) is 5.25. The zero-order chi connectivity index (χ0) is 12.3. The summed E-state index contributed by atoms with van der Waals surface area (Å²) in [5.41, 5.74) is 3.71. The topological polar surface area (TPSA) is 36.3 Å². The molecule has 4 heteroatoms. The third-order valence-corrected chi connectivity index (χ3v) is 3.62. The Balaban J connectivity index is 2.15. The van der Waals surface area contributed by atoms with Gasteiger partial charge in [-0.1, -0.05) is 12.8 Å². The maximum atomic E-state index is 5.16. The van der Waals surface area contributed by atoms with E-state index in [9.17, 15) is 0 Å². The van der Waals surface area contributed by atoms with E-state index in [1.807, 2.05) is 18.7 Å². The van der Waals surface area contributed by atoms with Gasteiger partial charge in [0.15, 0.2) is 0 Å². The van der Waals surface area contributed by atoms with Gasteiger partial charge in [0.05, 0.1) is 12.3 Å². The molecule has 0 N–H and O–H groups in total. The van der Waals surface area contributed by atoms with Gasteiger partial charge in [0.2, 0.25) is 0 Å². The lowest BCUT2D eigenvalue weighted by Crippen LogP contribution is -2.02. The molecule has 2 rings (SSSR count). The normalized spacial score (nSPS) is 16.9. The first-order chi connectivity index (χ1) is 8.24. The second-order valence-corrected chi connectivity index (χ2v) is 4.72. The third-order valence-electron chi connectivity index (χ3n) is 3.62. The zero-order valence-electron chi connectivity index (χ0n) is 11.0. The Kier molecular flexibility index (Phi) is 4.18. The molecule has 1 saturated carbocycles. The standard InChI is InChI=1S/C13H22N2O2/c1-4-16-17-9-12-13(10(2)15(3)14-12)11-7-5-6-8-11/h11H,4-9H2,1-3H3. The van der Waals surface area contributed by atoms with Gasteiger partial charge in [-0.2, -0.15) is 5.10 Å². The summed E-state index contributed by atoms with van der Waals surface area (Å²) in [7, 11) is 2.00. The Labute approximate surface area is 103 Å². The molecule has 1 aromatic heterocycles. The number of hydrogen-bond donors (Lipinski definition) is 0. The molecule has 17 heavy (non-hydrogen) atoms. The highest BCUT2D eigenvalue weighted by molar-refractivity contribution is 5.29. The smallest absolute Gasteiger partial charge is 0.126 e. The second-order valence-electron chi connectivity index (χ2n) is 4.72. The number of aromatic nitrogens is 2. The van der Waals surface area contributed by atoms with Crippen molar-refractivity contribution in [1.29, 1.82) is 0 Å². The highest BCUT2D eigenvalue weighted by Gasteiger charge is 2.25. The van der Waals surface area contributed by atoms with Gasteiger partial charge in [0.1, 0.15) is 6.61 Å². The van der Waals surface area contributed by atoms with Crippen molar-refractivity contribution >= 4 is 0 Å². The van der Waals surface area contributed by atoms with Gasteiger partial charge in [0.25, 0.3) is 0 Å². The van der Waals surface area contributed by atoms with E-state index in [0.29, 0.717) is 19.1 Å². The first-order valence-corrected chi connectivity index (χ1v) is 6.50. The molecule has 1 heterocycles. The first-order valence-electron chi connectivity index (χ1n) is 6.50. The van der Waals surface area contributed by atoms with Crippen molar-refractivity contribution in [2.24, 2.45) is 7.05 Å². The van der Waals surface area contributed by atoms with Crippen LogP contribution in [0.5, 0.6) is 0 Å². The van der Waals surface area contributed by atoms with E-state index >= 15 is 0 Å². The van der Waals surface area contributed by atoms with Crippen LogP contribution in [0.4, 0.5) is 0 Å². The molecule has 0 aliphatic heterocycles. The van der Waals surface area contributed by atoms with Gasteiger partial charge >= 0.3 is 0 Å². The van der Waals surface area contributed by atoms with Crippen molar-refractivity contribution < 1.29 is 9.78 Å². The SMILES string of the molecule is CCOOCc1nn(C)c(C)c1C1CCCC1. The van der Waals surface area contributed by atoms with Crippen molar-refractivity contribution in [3.63, 3.8) is 0 Å². The van der Waals surface area contributed by atoms with E-state index in [1.54, 1.807) is 0 Å². The minimum atomic E-state index is 0.460. The van der Waals surface area contributed by atoms with Gasteiger partial charge in [-0.05, 0) is 32.6 Å². The van der Waals surface area contributed by atoms with E-state index in [1.165, 1.54) is 36.9 Å². The number of aryl methyl sites for hydroxylation is 1. The van der Waals surface area contributed by atoms with Crippen molar-refractivity contribution in [2.75, 3.05) is 6.61 Å². The molecule has 4 nitrogen and oxygen atoms in total. The quantitative estimate of drug-likeness (QED) is 0.449. The highest BCUT2D eigenvalue weighted by atomic mass is 17.2. The van der Waals surface area contributed by atoms with Crippen LogP contribution in [0.2, 0.25) is 0 Å². The molecular formula is C13H22N2O2. The van der Waals surface area contributed by atoms with Crippen LogP contribution < -0.4 is 0 Å². The van der Waals surface area contributed by atoms with Gasteiger partial charge in [-0.3, -0.25) is 4.68 Å². The molecule has 0 unspecified atom stereocenters. The first kappa shape index (κ1) is 12.6. The third kappa shape index (κ3) is 2.69. The summed E-state index contributed by atoms with van der Waals surface area (Å²) in [5, 5.41) is 4.54. The fourth-order valence-corrected chi connectivity index (χ4v) is 2.73. The average Bonchev–Trinajstić information content (AvgIpc) is 2.90. The molecule has 0 radical (unpaired) electrons. The fourth-order valence-electron chi connectivity index (χ4n) is 2.73. The molecule has 0 spiro atoms. The van der Waals surface area contributed by atoms with Crippen LogP contribution >= 0.6 is 0 Å². The number of hydrogen-bond acceptors (Lipinski definition) is 3. The maximum Gasteiger partial charge on any atom is 0.126 e. The second kappa shape index (κ2) is 5.65. The van der Waals surface area contributed by atoms with E-state index in [2.05, 4.69) is 12.0 Å². The lowest BCUT2D eigenvalue weighted by atomic mass is 9.95. The van der Waals surface area contributed by atoms with Gasteiger partial charge < -0.3 is 0 Å². The predicted molar refractivity (Wildman–Crippen MR) is 65.6 cm³/mol. The largest absolute Gasteiger partial charge is 0.272 e. The van der Waals surface area contributed by atoms with Crippen LogP contribution in [-0.4, -0.2) is 16.4 Å². The van der Waals surface area contributed by atoms with Crippen LogP contribution in [0.1, 0.15) is 55.5 Å². The monoisotopic (exact) mass is 238 g/mol. The maximum absolute atomic E-state index is 5.16. The van der Waals surface area contributed by atoms with E-state index < -0.39 is 0 Å². The van der Waals surface area contributed by atoms with Crippen LogP contribution in [0.25, 0.3) is 0 Å². The highest BCUT2D eigenvalue weighted by Crippen LogP contribution is 2.37. The Hall–Kier alpha value is -0.870. The molecule has 0 atom stereocenters. The molecule has 1 aromatic rings. The van der Waals surface area contributed by atoms with Crippen LogP contribution in [0.15, 0.2) is 0 Å². The Morgan fingerprint density at radius 3 is 2.65 bits per heavy atom. The summed E-state index contributed by atoms with van der Waals surface area (Å²) in [4.78, 5) is 10.1. The molecule has 1 fully saturated rings. The minimum absolute atomic E-state index is 0.460. The van der Waals surface area contributed by atoms with Crippen molar-refractivity contribution in [2.45, 2.75) is 52.1 Å². The summed E-state index contributed by atoms with van der Waals surface area (Å²) in [5.74, 6) is 0.670. The Morgan fingerprint density at radius 2 is 2.00 bits per heavy atom. The molecule has 1 aliphatic carbocycles. The minimum Gasteiger partial charge on any atom is -0.272 e. The zero-order valence-corrected chi connectivity index (χ0v) is 11.0. The summed E-state index contributed by atoms with van der Waals surface area (Å²) in [6, 6.07) is 0. The average molecular weight is 238 g/mol. The summed E-state index contributed by atoms with van der Waals surface area (Å²) >= 11 is 0. The van der Waals surface area contributed by atoms with Gasteiger partial charge in [0, 0.05) is 18.3 Å². The summed E-state index contributed by atoms with van der Waals surface area (Å²) < 4.78 is 1.96. The molecule has 1 aliphatic rings.